The third-order valence-corrected chi connectivity index (χ3v) is 2.65. The first kappa shape index (κ1) is 11.7. The van der Waals surface area contributed by atoms with Gasteiger partial charge in [-0.2, -0.15) is 0 Å². The van der Waals surface area contributed by atoms with E-state index in [1.807, 2.05) is 18.3 Å². The SMILES string of the molecule is CC(Cc1ccc(O)cc1)NCc1ncc[nH]1. The average molecular weight is 231 g/mol. The van der Waals surface area contributed by atoms with E-state index in [0.29, 0.717) is 11.8 Å². The van der Waals surface area contributed by atoms with Crippen molar-refractivity contribution >= 4 is 0 Å². The van der Waals surface area contributed by atoms with Gasteiger partial charge in [0.05, 0.1) is 6.54 Å². The summed E-state index contributed by atoms with van der Waals surface area (Å²) < 4.78 is 0. The van der Waals surface area contributed by atoms with E-state index in [4.69, 9.17) is 0 Å². The average Bonchev–Trinajstić information content (AvgIpc) is 2.83. The number of phenolic OH excluding ortho intramolecular Hbond substituents is 1. The number of aromatic nitrogens is 2. The molecule has 0 aliphatic carbocycles. The fourth-order valence-electron chi connectivity index (χ4n) is 1.72. The van der Waals surface area contributed by atoms with Crippen LogP contribution in [-0.4, -0.2) is 21.1 Å². The molecule has 1 unspecified atom stereocenters. The van der Waals surface area contributed by atoms with Gasteiger partial charge in [0.2, 0.25) is 0 Å². The summed E-state index contributed by atoms with van der Waals surface area (Å²) in [6, 6.07) is 7.69. The van der Waals surface area contributed by atoms with Crippen molar-refractivity contribution < 1.29 is 5.11 Å². The molecule has 90 valence electrons. The number of hydrogen-bond acceptors (Lipinski definition) is 3. The summed E-state index contributed by atoms with van der Waals surface area (Å²) in [5, 5.41) is 12.6. The fraction of sp³-hybridized carbons (Fsp3) is 0.308. The van der Waals surface area contributed by atoms with Crippen LogP contribution in [0.4, 0.5) is 0 Å². The topological polar surface area (TPSA) is 60.9 Å². The molecule has 3 N–H and O–H groups in total. The molecule has 1 heterocycles. The lowest BCUT2D eigenvalue weighted by molar-refractivity contribution is 0.474. The van der Waals surface area contributed by atoms with E-state index >= 15 is 0 Å². The van der Waals surface area contributed by atoms with Gasteiger partial charge in [0.25, 0.3) is 0 Å². The van der Waals surface area contributed by atoms with Crippen LogP contribution < -0.4 is 5.32 Å². The number of nitrogens with zero attached hydrogens (tertiary/aromatic N) is 1. The van der Waals surface area contributed by atoms with Crippen LogP contribution in [0.3, 0.4) is 0 Å². The predicted octanol–water partition coefficient (Wildman–Crippen LogP) is 1.84. The normalized spacial score (nSPS) is 12.5. The fourth-order valence-corrected chi connectivity index (χ4v) is 1.72. The monoisotopic (exact) mass is 231 g/mol. The Morgan fingerprint density at radius 3 is 2.76 bits per heavy atom. The summed E-state index contributed by atoms with van der Waals surface area (Å²) in [5.74, 6) is 1.26. The molecule has 2 aromatic rings. The Morgan fingerprint density at radius 1 is 1.35 bits per heavy atom. The Morgan fingerprint density at radius 2 is 2.12 bits per heavy atom. The molecule has 1 aromatic heterocycles. The molecule has 0 aliphatic heterocycles. The van der Waals surface area contributed by atoms with Gasteiger partial charge in [-0.15, -0.1) is 0 Å². The van der Waals surface area contributed by atoms with Crippen molar-refractivity contribution in [3.05, 3.63) is 48.0 Å². The minimum absolute atomic E-state index is 0.310. The van der Waals surface area contributed by atoms with Crippen LogP contribution in [0.2, 0.25) is 0 Å². The second-order valence-electron chi connectivity index (χ2n) is 4.19. The van der Waals surface area contributed by atoms with Gasteiger partial charge < -0.3 is 15.4 Å². The maximum atomic E-state index is 9.19. The van der Waals surface area contributed by atoms with Crippen LogP contribution in [0.1, 0.15) is 18.3 Å². The first-order valence-corrected chi connectivity index (χ1v) is 5.73. The summed E-state index contributed by atoms with van der Waals surface area (Å²) in [7, 11) is 0. The molecule has 1 atom stereocenters. The third-order valence-electron chi connectivity index (χ3n) is 2.65. The van der Waals surface area contributed by atoms with Crippen molar-refractivity contribution in [3.8, 4) is 5.75 Å². The van der Waals surface area contributed by atoms with Gasteiger partial charge in [0.15, 0.2) is 0 Å². The van der Waals surface area contributed by atoms with Crippen molar-refractivity contribution in [1.82, 2.24) is 15.3 Å². The van der Waals surface area contributed by atoms with Crippen LogP contribution in [0.25, 0.3) is 0 Å². The van der Waals surface area contributed by atoms with Crippen LogP contribution in [0, 0.1) is 0 Å². The largest absolute Gasteiger partial charge is 0.508 e. The molecule has 0 saturated carbocycles. The molecule has 0 amide bonds. The van der Waals surface area contributed by atoms with E-state index in [2.05, 4.69) is 22.2 Å². The standard InChI is InChI=1S/C13H17N3O/c1-10(16-9-13-14-6-7-15-13)8-11-2-4-12(17)5-3-11/h2-7,10,16-17H,8-9H2,1H3,(H,14,15). The number of aromatic hydroxyl groups is 1. The quantitative estimate of drug-likeness (QED) is 0.735. The Kier molecular flexibility index (Phi) is 3.77. The zero-order valence-electron chi connectivity index (χ0n) is 9.85. The number of hydrogen-bond donors (Lipinski definition) is 3. The van der Waals surface area contributed by atoms with Gasteiger partial charge in [-0.25, -0.2) is 4.98 Å². The highest BCUT2D eigenvalue weighted by Crippen LogP contribution is 2.11. The number of rotatable bonds is 5. The summed E-state index contributed by atoms with van der Waals surface area (Å²) >= 11 is 0. The van der Waals surface area contributed by atoms with Crippen molar-refractivity contribution in [3.63, 3.8) is 0 Å². The smallest absolute Gasteiger partial charge is 0.120 e. The third kappa shape index (κ3) is 3.60. The van der Waals surface area contributed by atoms with E-state index < -0.39 is 0 Å². The highest BCUT2D eigenvalue weighted by atomic mass is 16.3. The van der Waals surface area contributed by atoms with E-state index in [9.17, 15) is 5.11 Å². The molecule has 2 rings (SSSR count). The predicted molar refractivity (Wildman–Crippen MR) is 66.7 cm³/mol. The Hall–Kier alpha value is -1.81. The van der Waals surface area contributed by atoms with Gasteiger partial charge >= 0.3 is 0 Å². The molecule has 0 aliphatic rings. The molecule has 0 radical (unpaired) electrons. The van der Waals surface area contributed by atoms with Gasteiger partial charge in [0, 0.05) is 18.4 Å². The lowest BCUT2D eigenvalue weighted by Crippen LogP contribution is -2.27. The number of imidazole rings is 1. The molecule has 0 bridgehead atoms. The minimum atomic E-state index is 0.310. The zero-order valence-corrected chi connectivity index (χ0v) is 9.85. The first-order chi connectivity index (χ1) is 8.24. The first-order valence-electron chi connectivity index (χ1n) is 5.73. The van der Waals surface area contributed by atoms with Crippen molar-refractivity contribution in [2.24, 2.45) is 0 Å². The van der Waals surface area contributed by atoms with Crippen molar-refractivity contribution in [2.75, 3.05) is 0 Å². The Labute approximate surface area is 101 Å². The highest BCUT2D eigenvalue weighted by molar-refractivity contribution is 5.26. The summed E-state index contributed by atoms with van der Waals surface area (Å²) in [5.41, 5.74) is 1.21. The molecule has 4 nitrogen and oxygen atoms in total. The second-order valence-corrected chi connectivity index (χ2v) is 4.19. The second kappa shape index (κ2) is 5.50. The number of aromatic amines is 1. The molecule has 0 saturated heterocycles. The highest BCUT2D eigenvalue weighted by Gasteiger charge is 2.04. The molecule has 17 heavy (non-hydrogen) atoms. The summed E-state index contributed by atoms with van der Waals surface area (Å²) in [4.78, 5) is 7.21. The Bertz CT molecular complexity index is 436. The molecular weight excluding hydrogens is 214 g/mol. The van der Waals surface area contributed by atoms with Gasteiger partial charge in [-0.05, 0) is 31.0 Å². The summed E-state index contributed by atoms with van der Waals surface area (Å²) in [6.07, 6.45) is 4.50. The van der Waals surface area contributed by atoms with Crippen LogP contribution in [-0.2, 0) is 13.0 Å². The van der Waals surface area contributed by atoms with Crippen molar-refractivity contribution in [2.45, 2.75) is 25.9 Å². The van der Waals surface area contributed by atoms with E-state index in [1.54, 1.807) is 18.3 Å². The number of phenols is 1. The van der Waals surface area contributed by atoms with E-state index in [-0.39, 0.29) is 0 Å². The lowest BCUT2D eigenvalue weighted by atomic mass is 10.1. The lowest BCUT2D eigenvalue weighted by Gasteiger charge is -2.12. The molecule has 0 fully saturated rings. The molecular formula is C13H17N3O. The van der Waals surface area contributed by atoms with Gasteiger partial charge in [-0.3, -0.25) is 0 Å². The van der Waals surface area contributed by atoms with Crippen LogP contribution in [0.15, 0.2) is 36.7 Å². The Balaban J connectivity index is 1.80. The zero-order chi connectivity index (χ0) is 12.1. The maximum absolute atomic E-state index is 9.19. The molecule has 1 aromatic carbocycles. The number of nitrogens with one attached hydrogen (secondary N) is 2. The number of H-pyrrole nitrogens is 1. The summed E-state index contributed by atoms with van der Waals surface area (Å²) in [6.45, 7) is 2.88. The van der Waals surface area contributed by atoms with Crippen LogP contribution in [0.5, 0.6) is 5.75 Å². The van der Waals surface area contributed by atoms with Gasteiger partial charge in [-0.1, -0.05) is 12.1 Å². The van der Waals surface area contributed by atoms with E-state index in [1.165, 1.54) is 5.56 Å². The van der Waals surface area contributed by atoms with Crippen LogP contribution >= 0.6 is 0 Å². The van der Waals surface area contributed by atoms with Gasteiger partial charge in [0.1, 0.15) is 11.6 Å². The van der Waals surface area contributed by atoms with E-state index in [0.717, 1.165) is 18.8 Å². The molecule has 0 spiro atoms. The number of benzene rings is 1. The van der Waals surface area contributed by atoms with Crippen molar-refractivity contribution in [1.29, 1.82) is 0 Å². The maximum Gasteiger partial charge on any atom is 0.120 e. The molecule has 4 heteroatoms. The minimum Gasteiger partial charge on any atom is -0.508 e.